The topological polar surface area (TPSA) is 66.4 Å². The maximum absolute atomic E-state index is 13.0. The maximum Gasteiger partial charge on any atom is 0.253 e. The third-order valence-electron chi connectivity index (χ3n) is 6.18. The number of piperidine rings is 2. The minimum absolute atomic E-state index is 0.0232. The van der Waals surface area contributed by atoms with Crippen LogP contribution in [0.15, 0.2) is 36.7 Å². The monoisotopic (exact) mass is 392 g/mol. The van der Waals surface area contributed by atoms with Crippen molar-refractivity contribution in [1.82, 2.24) is 19.8 Å². The molecular formula is C23H28N4O2. The second-order valence-electron chi connectivity index (χ2n) is 8.60. The fourth-order valence-electron chi connectivity index (χ4n) is 4.54. The van der Waals surface area contributed by atoms with Crippen LogP contribution in [0.5, 0.6) is 0 Å². The van der Waals surface area contributed by atoms with Crippen LogP contribution >= 0.6 is 0 Å². The lowest BCUT2D eigenvalue weighted by Crippen LogP contribution is -2.54. The Morgan fingerprint density at radius 3 is 2.59 bits per heavy atom. The van der Waals surface area contributed by atoms with Gasteiger partial charge in [0, 0.05) is 43.2 Å². The molecule has 2 saturated heterocycles. The zero-order valence-corrected chi connectivity index (χ0v) is 17.2. The summed E-state index contributed by atoms with van der Waals surface area (Å²) in [5.74, 6) is 0.261. The number of aryl methyl sites for hydroxylation is 2. The molecule has 152 valence electrons. The van der Waals surface area contributed by atoms with Gasteiger partial charge in [0.1, 0.15) is 0 Å². The number of aromatic nitrogens is 2. The Morgan fingerprint density at radius 1 is 1.07 bits per heavy atom. The van der Waals surface area contributed by atoms with Crippen molar-refractivity contribution >= 4 is 11.8 Å². The summed E-state index contributed by atoms with van der Waals surface area (Å²) in [5, 5.41) is 0. The van der Waals surface area contributed by atoms with Crippen LogP contribution in [-0.4, -0.2) is 51.2 Å². The highest BCUT2D eigenvalue weighted by Gasteiger charge is 2.42. The van der Waals surface area contributed by atoms with Gasteiger partial charge in [-0.05, 0) is 45.2 Å². The molecule has 1 spiro atoms. The molecule has 2 aliphatic heterocycles. The van der Waals surface area contributed by atoms with Gasteiger partial charge in [0.15, 0.2) is 0 Å². The van der Waals surface area contributed by atoms with E-state index in [1.54, 1.807) is 12.4 Å². The second kappa shape index (κ2) is 7.93. The first-order valence-electron chi connectivity index (χ1n) is 10.4. The van der Waals surface area contributed by atoms with Gasteiger partial charge in [0.25, 0.3) is 5.91 Å². The third kappa shape index (κ3) is 4.31. The fourth-order valence-corrected chi connectivity index (χ4v) is 4.54. The van der Waals surface area contributed by atoms with Crippen LogP contribution in [0.4, 0.5) is 0 Å². The van der Waals surface area contributed by atoms with Gasteiger partial charge in [-0.3, -0.25) is 19.6 Å². The molecule has 6 nitrogen and oxygen atoms in total. The first-order valence-corrected chi connectivity index (χ1v) is 10.4. The number of likely N-dealkylation sites (tertiary alicyclic amines) is 2. The lowest BCUT2D eigenvalue weighted by molar-refractivity contribution is -0.139. The summed E-state index contributed by atoms with van der Waals surface area (Å²) < 4.78 is 0. The van der Waals surface area contributed by atoms with E-state index in [9.17, 15) is 9.59 Å². The molecule has 2 aliphatic rings. The van der Waals surface area contributed by atoms with Gasteiger partial charge in [-0.15, -0.1) is 0 Å². The number of hydrogen-bond donors (Lipinski definition) is 0. The lowest BCUT2D eigenvalue weighted by Gasteiger charge is -2.48. The molecule has 0 saturated carbocycles. The van der Waals surface area contributed by atoms with Crippen molar-refractivity contribution in [3.63, 3.8) is 0 Å². The SMILES string of the molecule is Cc1ccc(C(=O)N2CCC[C@@]3(CCC(=O)N(Cc4cnc(C)cn4)C3)C2)cc1. The number of amides is 2. The average Bonchev–Trinajstić information content (AvgIpc) is 2.73. The number of rotatable bonds is 3. The second-order valence-corrected chi connectivity index (χ2v) is 8.60. The quantitative estimate of drug-likeness (QED) is 0.805. The highest BCUT2D eigenvalue weighted by molar-refractivity contribution is 5.94. The van der Waals surface area contributed by atoms with Crippen molar-refractivity contribution in [3.8, 4) is 0 Å². The number of benzene rings is 1. The van der Waals surface area contributed by atoms with E-state index in [-0.39, 0.29) is 17.2 Å². The standard InChI is InChI=1S/C23H28N4O2/c1-17-4-6-19(7-5-17)22(29)26-11-3-9-23(15-26)10-8-21(28)27(16-23)14-20-13-24-18(2)12-25-20/h4-7,12-13H,3,8-11,14-16H2,1-2H3/t23-/m1/s1. The minimum atomic E-state index is -0.0232. The molecule has 0 aliphatic carbocycles. The van der Waals surface area contributed by atoms with Crippen molar-refractivity contribution in [1.29, 1.82) is 0 Å². The van der Waals surface area contributed by atoms with Crippen LogP contribution in [0.3, 0.4) is 0 Å². The molecular weight excluding hydrogens is 364 g/mol. The third-order valence-corrected chi connectivity index (χ3v) is 6.18. The van der Waals surface area contributed by atoms with E-state index in [0.29, 0.717) is 26.1 Å². The summed E-state index contributed by atoms with van der Waals surface area (Å²) in [7, 11) is 0. The molecule has 3 heterocycles. The Hall–Kier alpha value is -2.76. The Balaban J connectivity index is 1.47. The number of nitrogens with zero attached hydrogens (tertiary/aromatic N) is 4. The molecule has 1 aromatic heterocycles. The number of carbonyl (C=O) groups excluding carboxylic acids is 2. The molecule has 0 N–H and O–H groups in total. The van der Waals surface area contributed by atoms with Gasteiger partial charge in [-0.25, -0.2) is 0 Å². The normalized spacial score (nSPS) is 22.2. The summed E-state index contributed by atoms with van der Waals surface area (Å²) in [4.78, 5) is 38.2. The van der Waals surface area contributed by atoms with E-state index >= 15 is 0 Å². The van der Waals surface area contributed by atoms with Gasteiger partial charge in [-0.2, -0.15) is 0 Å². The molecule has 2 fully saturated rings. The first-order chi connectivity index (χ1) is 13.9. The maximum atomic E-state index is 13.0. The first kappa shape index (κ1) is 19.6. The molecule has 1 atom stereocenters. The molecule has 1 aromatic carbocycles. The van der Waals surface area contributed by atoms with E-state index in [4.69, 9.17) is 0 Å². The Morgan fingerprint density at radius 2 is 1.86 bits per heavy atom. The van der Waals surface area contributed by atoms with Crippen LogP contribution in [0.25, 0.3) is 0 Å². The van der Waals surface area contributed by atoms with Gasteiger partial charge >= 0.3 is 0 Å². The van der Waals surface area contributed by atoms with Crippen LogP contribution in [-0.2, 0) is 11.3 Å². The van der Waals surface area contributed by atoms with Crippen molar-refractivity contribution in [2.75, 3.05) is 19.6 Å². The number of carbonyl (C=O) groups is 2. The molecule has 2 aromatic rings. The van der Waals surface area contributed by atoms with Crippen molar-refractivity contribution in [2.45, 2.75) is 46.1 Å². The van der Waals surface area contributed by atoms with E-state index < -0.39 is 0 Å². The lowest BCUT2D eigenvalue weighted by atomic mass is 9.73. The molecule has 2 amide bonds. The summed E-state index contributed by atoms with van der Waals surface area (Å²) in [6, 6.07) is 7.78. The van der Waals surface area contributed by atoms with Crippen LogP contribution in [0.1, 0.15) is 53.0 Å². The molecule has 4 rings (SSSR count). The minimum Gasteiger partial charge on any atom is -0.338 e. The molecule has 0 unspecified atom stereocenters. The van der Waals surface area contributed by atoms with Crippen LogP contribution in [0.2, 0.25) is 0 Å². The average molecular weight is 393 g/mol. The van der Waals surface area contributed by atoms with Gasteiger partial charge in [-0.1, -0.05) is 17.7 Å². The van der Waals surface area contributed by atoms with E-state index in [1.165, 1.54) is 0 Å². The molecule has 6 heteroatoms. The van der Waals surface area contributed by atoms with Gasteiger partial charge < -0.3 is 9.80 Å². The van der Waals surface area contributed by atoms with E-state index in [0.717, 1.165) is 48.3 Å². The van der Waals surface area contributed by atoms with Gasteiger partial charge in [0.2, 0.25) is 5.91 Å². The van der Waals surface area contributed by atoms with Crippen molar-refractivity contribution in [2.24, 2.45) is 5.41 Å². The van der Waals surface area contributed by atoms with Gasteiger partial charge in [0.05, 0.1) is 24.1 Å². The van der Waals surface area contributed by atoms with Crippen molar-refractivity contribution in [3.05, 3.63) is 59.2 Å². The van der Waals surface area contributed by atoms with E-state index in [2.05, 4.69) is 9.97 Å². The predicted molar refractivity (Wildman–Crippen MR) is 110 cm³/mol. The zero-order valence-electron chi connectivity index (χ0n) is 17.2. The Kier molecular flexibility index (Phi) is 5.35. The predicted octanol–water partition coefficient (Wildman–Crippen LogP) is 3.14. The summed E-state index contributed by atoms with van der Waals surface area (Å²) in [6.07, 6.45) is 6.89. The summed E-state index contributed by atoms with van der Waals surface area (Å²) in [6.45, 7) is 6.59. The Labute approximate surface area is 172 Å². The van der Waals surface area contributed by atoms with E-state index in [1.807, 2.05) is 47.9 Å². The highest BCUT2D eigenvalue weighted by Crippen LogP contribution is 2.39. The van der Waals surface area contributed by atoms with Crippen molar-refractivity contribution < 1.29 is 9.59 Å². The van der Waals surface area contributed by atoms with Crippen LogP contribution in [0, 0.1) is 19.3 Å². The number of hydrogen-bond acceptors (Lipinski definition) is 4. The highest BCUT2D eigenvalue weighted by atomic mass is 16.2. The fraction of sp³-hybridized carbons (Fsp3) is 0.478. The smallest absolute Gasteiger partial charge is 0.253 e. The summed E-state index contributed by atoms with van der Waals surface area (Å²) in [5.41, 5.74) is 3.55. The zero-order chi connectivity index (χ0) is 20.4. The van der Waals surface area contributed by atoms with Crippen LogP contribution < -0.4 is 0 Å². The Bertz CT molecular complexity index is 888. The molecule has 0 bridgehead atoms. The molecule has 29 heavy (non-hydrogen) atoms. The largest absolute Gasteiger partial charge is 0.338 e. The summed E-state index contributed by atoms with van der Waals surface area (Å²) >= 11 is 0. The molecule has 0 radical (unpaired) electrons.